The van der Waals surface area contributed by atoms with E-state index in [4.69, 9.17) is 23.7 Å². The first-order valence-corrected chi connectivity index (χ1v) is 14.3. The van der Waals surface area contributed by atoms with Crippen molar-refractivity contribution in [2.45, 2.75) is 26.2 Å². The number of benzene rings is 4. The lowest BCUT2D eigenvalue weighted by atomic mass is 10.1. The average Bonchev–Trinajstić information content (AvgIpc) is 3.04. The van der Waals surface area contributed by atoms with Gasteiger partial charge >= 0.3 is 11.9 Å². The van der Waals surface area contributed by atoms with Gasteiger partial charge in [-0.3, -0.25) is 0 Å². The maximum absolute atomic E-state index is 12.5. The number of carbonyl (C=O) groups is 2. The smallest absolute Gasteiger partial charge is 0.338 e. The van der Waals surface area contributed by atoms with Crippen LogP contribution in [0.1, 0.15) is 43.8 Å². The molecule has 4 rings (SSSR count). The van der Waals surface area contributed by atoms with Crippen LogP contribution in [0.5, 0.6) is 34.5 Å². The first-order chi connectivity index (χ1) is 22.3. The summed E-state index contributed by atoms with van der Waals surface area (Å²) in [5.41, 5.74) is 2.26. The summed E-state index contributed by atoms with van der Waals surface area (Å²) in [4.78, 5) is 24.9. The molecule has 0 aliphatic carbocycles. The van der Waals surface area contributed by atoms with E-state index in [1.165, 1.54) is 0 Å². The summed E-state index contributed by atoms with van der Waals surface area (Å²) in [6.45, 7) is 4.19. The second kappa shape index (κ2) is 16.4. The third kappa shape index (κ3) is 9.16. The molecule has 0 saturated heterocycles. The van der Waals surface area contributed by atoms with Crippen molar-refractivity contribution in [2.75, 3.05) is 19.8 Å². The topological polar surface area (TPSA) is 161 Å². The van der Waals surface area contributed by atoms with Crippen LogP contribution in [0.2, 0.25) is 0 Å². The van der Waals surface area contributed by atoms with Crippen LogP contribution in [-0.2, 0) is 34.0 Å². The summed E-state index contributed by atoms with van der Waals surface area (Å²) in [6, 6.07) is 21.0. The Hall–Kier alpha value is -5.68. The zero-order valence-corrected chi connectivity index (χ0v) is 24.9. The van der Waals surface area contributed by atoms with Gasteiger partial charge in [-0.05, 0) is 41.0 Å². The maximum Gasteiger partial charge on any atom is 0.338 e. The lowest BCUT2D eigenvalue weighted by Gasteiger charge is -2.14. The average molecular weight is 631 g/mol. The van der Waals surface area contributed by atoms with Gasteiger partial charge in [0.2, 0.25) is 11.5 Å². The van der Waals surface area contributed by atoms with E-state index in [0.717, 1.165) is 41.0 Å². The van der Waals surface area contributed by atoms with Crippen LogP contribution < -0.4 is 9.47 Å². The van der Waals surface area contributed by atoms with E-state index in [2.05, 4.69) is 6.58 Å². The van der Waals surface area contributed by atoms with Gasteiger partial charge in [-0.15, -0.1) is 6.58 Å². The molecule has 11 nitrogen and oxygen atoms in total. The Bertz CT molecular complexity index is 1600. The van der Waals surface area contributed by atoms with E-state index >= 15 is 0 Å². The minimum absolute atomic E-state index is 0.0304. The highest BCUT2D eigenvalue weighted by atomic mass is 16.5. The molecule has 0 bridgehead atoms. The SMILES string of the molecule is C=CCOCc1ccccc1COc1c(O)cc(C(=O)OCCCOC(=O)c2cc(O)c(OCc3ccccc3)c(O)c2)cc1O. The van der Waals surface area contributed by atoms with Gasteiger partial charge in [0.1, 0.15) is 13.2 Å². The van der Waals surface area contributed by atoms with Crippen molar-refractivity contribution in [3.05, 3.63) is 119 Å². The molecule has 0 spiro atoms. The molecule has 0 unspecified atom stereocenters. The second-order valence-corrected chi connectivity index (χ2v) is 9.95. The predicted octanol–water partition coefficient (Wildman–Crippen LogP) is 5.77. The summed E-state index contributed by atoms with van der Waals surface area (Å²) < 4.78 is 26.9. The molecule has 4 aromatic carbocycles. The highest BCUT2D eigenvalue weighted by molar-refractivity contribution is 5.91. The molecular formula is C35H34O11. The lowest BCUT2D eigenvalue weighted by molar-refractivity contribution is 0.0394. The van der Waals surface area contributed by atoms with Gasteiger partial charge in [-0.1, -0.05) is 60.7 Å². The second-order valence-electron chi connectivity index (χ2n) is 9.95. The van der Waals surface area contributed by atoms with Crippen LogP contribution in [0, 0.1) is 0 Å². The number of phenolic OH excluding ortho intramolecular Hbond substituents is 4. The molecule has 0 atom stereocenters. The van der Waals surface area contributed by atoms with E-state index < -0.39 is 34.9 Å². The van der Waals surface area contributed by atoms with Crippen molar-refractivity contribution >= 4 is 11.9 Å². The molecule has 240 valence electrons. The van der Waals surface area contributed by atoms with E-state index in [0.29, 0.717) is 13.2 Å². The number of esters is 2. The van der Waals surface area contributed by atoms with Crippen LogP contribution in [0.3, 0.4) is 0 Å². The summed E-state index contributed by atoms with van der Waals surface area (Å²) in [7, 11) is 0. The third-order valence-electron chi connectivity index (χ3n) is 6.54. The first kappa shape index (κ1) is 33.2. The lowest BCUT2D eigenvalue weighted by Crippen LogP contribution is -2.11. The largest absolute Gasteiger partial charge is 0.504 e. The minimum Gasteiger partial charge on any atom is -0.504 e. The van der Waals surface area contributed by atoms with Crippen LogP contribution in [0.4, 0.5) is 0 Å². The predicted molar refractivity (Wildman–Crippen MR) is 166 cm³/mol. The molecule has 0 saturated carbocycles. The summed E-state index contributed by atoms with van der Waals surface area (Å²) >= 11 is 0. The number of rotatable bonds is 16. The van der Waals surface area contributed by atoms with Gasteiger partial charge in [0.15, 0.2) is 23.0 Å². The van der Waals surface area contributed by atoms with E-state index in [9.17, 15) is 30.0 Å². The molecule has 0 aliphatic heterocycles. The fourth-order valence-corrected chi connectivity index (χ4v) is 4.25. The molecule has 0 heterocycles. The van der Waals surface area contributed by atoms with E-state index in [1.807, 2.05) is 54.6 Å². The van der Waals surface area contributed by atoms with Crippen molar-refractivity contribution in [3.8, 4) is 34.5 Å². The zero-order valence-electron chi connectivity index (χ0n) is 24.9. The Morgan fingerprint density at radius 3 is 1.59 bits per heavy atom. The Morgan fingerprint density at radius 2 is 1.09 bits per heavy atom. The quantitative estimate of drug-likeness (QED) is 0.0675. The molecule has 0 radical (unpaired) electrons. The molecule has 0 aromatic heterocycles. The molecule has 4 aromatic rings. The fourth-order valence-electron chi connectivity index (χ4n) is 4.25. The van der Waals surface area contributed by atoms with Gasteiger partial charge in [0.25, 0.3) is 0 Å². The number of aromatic hydroxyl groups is 4. The standard InChI is InChI=1S/C35H34O11/c1-2-13-42-21-24-11-6-7-12-25(24)22-46-33-30(38)18-27(19-31(33)39)35(41)44-15-8-14-43-34(40)26-16-28(36)32(29(37)17-26)45-20-23-9-4-3-5-10-23/h2-7,9-12,16-19,36-39H,1,8,13-15,20-22H2. The molecule has 11 heteroatoms. The number of hydrogen-bond donors (Lipinski definition) is 4. The van der Waals surface area contributed by atoms with Gasteiger partial charge in [-0.25, -0.2) is 9.59 Å². The molecule has 0 aliphatic rings. The number of hydrogen-bond acceptors (Lipinski definition) is 11. The summed E-state index contributed by atoms with van der Waals surface area (Å²) in [6.07, 6.45) is 1.77. The monoisotopic (exact) mass is 630 g/mol. The molecule has 46 heavy (non-hydrogen) atoms. The molecule has 0 amide bonds. The zero-order chi connectivity index (χ0) is 32.9. The van der Waals surface area contributed by atoms with Crippen molar-refractivity contribution < 1.29 is 53.7 Å². The molecular weight excluding hydrogens is 596 g/mol. The molecule has 4 N–H and O–H groups in total. The summed E-state index contributed by atoms with van der Waals surface area (Å²) in [5.74, 6) is -3.78. The highest BCUT2D eigenvalue weighted by Crippen LogP contribution is 2.39. The third-order valence-corrected chi connectivity index (χ3v) is 6.54. The Labute approximate surface area is 265 Å². The van der Waals surface area contributed by atoms with Crippen LogP contribution in [-0.4, -0.2) is 52.2 Å². The van der Waals surface area contributed by atoms with E-state index in [1.54, 1.807) is 6.08 Å². The minimum atomic E-state index is -0.825. The van der Waals surface area contributed by atoms with Crippen molar-refractivity contribution in [2.24, 2.45) is 0 Å². The first-order valence-electron chi connectivity index (χ1n) is 14.3. The Balaban J connectivity index is 1.23. The van der Waals surface area contributed by atoms with Crippen molar-refractivity contribution in [1.29, 1.82) is 0 Å². The Morgan fingerprint density at radius 1 is 0.630 bits per heavy atom. The van der Waals surface area contributed by atoms with Gasteiger partial charge < -0.3 is 44.1 Å². The Kier molecular flexibility index (Phi) is 11.8. The van der Waals surface area contributed by atoms with Crippen LogP contribution in [0.15, 0.2) is 91.5 Å². The molecule has 0 fully saturated rings. The van der Waals surface area contributed by atoms with Crippen LogP contribution in [0.25, 0.3) is 0 Å². The number of carbonyl (C=O) groups excluding carboxylic acids is 2. The van der Waals surface area contributed by atoms with Gasteiger partial charge in [-0.2, -0.15) is 0 Å². The van der Waals surface area contributed by atoms with Crippen LogP contribution >= 0.6 is 0 Å². The number of phenols is 4. The van der Waals surface area contributed by atoms with Crippen molar-refractivity contribution in [3.63, 3.8) is 0 Å². The number of ether oxygens (including phenoxy) is 5. The normalized spacial score (nSPS) is 10.6. The summed E-state index contributed by atoms with van der Waals surface area (Å²) in [5, 5.41) is 41.4. The highest BCUT2D eigenvalue weighted by Gasteiger charge is 2.19. The maximum atomic E-state index is 12.5. The van der Waals surface area contributed by atoms with Crippen molar-refractivity contribution in [1.82, 2.24) is 0 Å². The van der Waals surface area contributed by atoms with Gasteiger partial charge in [0.05, 0.1) is 37.6 Å². The fraction of sp³-hybridized carbons (Fsp3) is 0.200. The van der Waals surface area contributed by atoms with E-state index in [-0.39, 0.29) is 55.5 Å². The van der Waals surface area contributed by atoms with Gasteiger partial charge in [0, 0.05) is 6.42 Å².